The van der Waals surface area contributed by atoms with Crippen molar-refractivity contribution in [3.8, 4) is 0 Å². The second-order valence-corrected chi connectivity index (χ2v) is 4.10. The van der Waals surface area contributed by atoms with Crippen molar-refractivity contribution in [1.29, 1.82) is 0 Å². The number of para-hydroxylation sites is 1. The molecule has 0 aliphatic carbocycles. The quantitative estimate of drug-likeness (QED) is 0.639. The van der Waals surface area contributed by atoms with Crippen LogP contribution in [0.3, 0.4) is 0 Å². The second kappa shape index (κ2) is 4.40. The van der Waals surface area contributed by atoms with Crippen LogP contribution in [0.1, 0.15) is 0 Å². The molecular formula is C11H11NO2S. The third kappa shape index (κ3) is 2.33. The lowest BCUT2D eigenvalue weighted by Gasteiger charge is -1.96. The summed E-state index contributed by atoms with van der Waals surface area (Å²) in [5.74, 6) is 0.127. The second-order valence-electron chi connectivity index (χ2n) is 3.09. The van der Waals surface area contributed by atoms with E-state index in [1.807, 2.05) is 30.3 Å². The molecule has 1 aromatic carbocycles. The number of hydrogen-bond acceptors (Lipinski definition) is 3. The molecular weight excluding hydrogens is 210 g/mol. The van der Waals surface area contributed by atoms with Crippen LogP contribution in [0.15, 0.2) is 35.4 Å². The lowest BCUT2D eigenvalue weighted by atomic mass is 10.3. The number of fused-ring (bicyclic) bond motifs is 1. The number of nitrogens with one attached hydrogen (secondary N) is 1. The molecule has 0 radical (unpaired) electrons. The molecule has 2 rings (SSSR count). The molecule has 0 spiro atoms. The highest BCUT2D eigenvalue weighted by atomic mass is 32.2. The molecule has 0 aliphatic heterocycles. The minimum Gasteiger partial charge on any atom is -0.468 e. The molecule has 0 unspecified atom stereocenters. The average Bonchev–Trinajstić information content (AvgIpc) is 2.68. The van der Waals surface area contributed by atoms with E-state index in [1.54, 1.807) is 0 Å². The highest BCUT2D eigenvalue weighted by Gasteiger charge is 2.04. The van der Waals surface area contributed by atoms with Gasteiger partial charge in [0, 0.05) is 10.9 Å². The normalized spacial score (nSPS) is 10.5. The van der Waals surface area contributed by atoms with E-state index in [2.05, 4.69) is 9.72 Å². The number of thioether (sulfide) groups is 1. The van der Waals surface area contributed by atoms with Crippen molar-refractivity contribution in [3.05, 3.63) is 30.3 Å². The number of aromatic amines is 1. The topological polar surface area (TPSA) is 42.1 Å². The molecule has 0 fully saturated rings. The predicted octanol–water partition coefficient (Wildman–Crippen LogP) is 2.43. The molecule has 0 atom stereocenters. The van der Waals surface area contributed by atoms with E-state index in [-0.39, 0.29) is 5.97 Å². The summed E-state index contributed by atoms with van der Waals surface area (Å²) in [6.07, 6.45) is 0. The fourth-order valence-corrected chi connectivity index (χ4v) is 2.10. The summed E-state index contributed by atoms with van der Waals surface area (Å²) in [7, 11) is 1.40. The van der Waals surface area contributed by atoms with Gasteiger partial charge in [0.2, 0.25) is 0 Å². The molecule has 0 saturated carbocycles. The zero-order valence-corrected chi connectivity index (χ0v) is 9.14. The van der Waals surface area contributed by atoms with Gasteiger partial charge in [-0.1, -0.05) is 30.0 Å². The monoisotopic (exact) mass is 221 g/mol. The van der Waals surface area contributed by atoms with E-state index < -0.39 is 0 Å². The van der Waals surface area contributed by atoms with Crippen LogP contribution in [0, 0.1) is 0 Å². The molecule has 0 bridgehead atoms. The van der Waals surface area contributed by atoms with Crippen LogP contribution in [-0.2, 0) is 9.53 Å². The molecule has 4 heteroatoms. The van der Waals surface area contributed by atoms with Crippen LogP contribution < -0.4 is 0 Å². The zero-order valence-electron chi connectivity index (χ0n) is 8.32. The molecule has 1 aromatic heterocycles. The summed E-state index contributed by atoms with van der Waals surface area (Å²) < 4.78 is 4.57. The zero-order chi connectivity index (χ0) is 10.7. The van der Waals surface area contributed by atoms with Crippen LogP contribution in [0.4, 0.5) is 0 Å². The van der Waals surface area contributed by atoms with Crippen LogP contribution in [0.2, 0.25) is 0 Å². The number of hydrogen-bond donors (Lipinski definition) is 1. The Hall–Kier alpha value is -1.42. The highest BCUT2D eigenvalue weighted by Crippen LogP contribution is 2.22. The van der Waals surface area contributed by atoms with Crippen molar-refractivity contribution in [2.24, 2.45) is 0 Å². The van der Waals surface area contributed by atoms with Crippen molar-refractivity contribution in [2.45, 2.75) is 5.03 Å². The summed E-state index contributed by atoms with van der Waals surface area (Å²) in [5.41, 5.74) is 1.09. The smallest absolute Gasteiger partial charge is 0.316 e. The molecule has 15 heavy (non-hydrogen) atoms. The number of carbonyl (C=O) groups excluding carboxylic acids is 1. The largest absolute Gasteiger partial charge is 0.468 e. The Balaban J connectivity index is 2.12. The first-order valence-corrected chi connectivity index (χ1v) is 5.55. The van der Waals surface area contributed by atoms with Gasteiger partial charge >= 0.3 is 5.97 Å². The van der Waals surface area contributed by atoms with Crippen LogP contribution in [0.5, 0.6) is 0 Å². The molecule has 0 saturated heterocycles. The first kappa shape index (κ1) is 10.1. The first-order chi connectivity index (χ1) is 7.29. The first-order valence-electron chi connectivity index (χ1n) is 4.57. The molecule has 3 nitrogen and oxygen atoms in total. The van der Waals surface area contributed by atoms with E-state index in [1.165, 1.54) is 18.9 Å². The van der Waals surface area contributed by atoms with Gasteiger partial charge in [-0.15, -0.1) is 0 Å². The lowest BCUT2D eigenvalue weighted by Crippen LogP contribution is -2.02. The molecule has 78 valence electrons. The Labute approximate surface area is 91.8 Å². The standard InChI is InChI=1S/C11H11NO2S/c1-14-11(13)7-15-10-6-8-4-2-3-5-9(8)12-10/h2-6,12H,7H2,1H3. The van der Waals surface area contributed by atoms with Crippen molar-refractivity contribution in [3.63, 3.8) is 0 Å². The predicted molar refractivity (Wildman–Crippen MR) is 61.0 cm³/mol. The van der Waals surface area contributed by atoms with Gasteiger partial charge in [-0.25, -0.2) is 0 Å². The number of H-pyrrole nitrogens is 1. The minimum absolute atomic E-state index is 0.210. The van der Waals surface area contributed by atoms with Crippen molar-refractivity contribution < 1.29 is 9.53 Å². The third-order valence-corrected chi connectivity index (χ3v) is 2.99. The van der Waals surface area contributed by atoms with Gasteiger partial charge in [0.25, 0.3) is 0 Å². The van der Waals surface area contributed by atoms with E-state index >= 15 is 0 Å². The van der Waals surface area contributed by atoms with Gasteiger partial charge in [0.15, 0.2) is 0 Å². The molecule has 0 amide bonds. The molecule has 1 N–H and O–H groups in total. The van der Waals surface area contributed by atoms with Gasteiger partial charge in [-0.3, -0.25) is 4.79 Å². The third-order valence-electron chi connectivity index (χ3n) is 2.08. The van der Waals surface area contributed by atoms with Gasteiger partial charge < -0.3 is 9.72 Å². The van der Waals surface area contributed by atoms with Gasteiger partial charge in [-0.05, 0) is 12.1 Å². The fourth-order valence-electron chi connectivity index (χ4n) is 1.32. The molecule has 1 heterocycles. The van der Waals surface area contributed by atoms with Crippen LogP contribution >= 0.6 is 11.8 Å². The number of esters is 1. The van der Waals surface area contributed by atoms with Gasteiger partial charge in [-0.2, -0.15) is 0 Å². The van der Waals surface area contributed by atoms with Crippen molar-refractivity contribution >= 4 is 28.6 Å². The van der Waals surface area contributed by atoms with Gasteiger partial charge in [0.1, 0.15) is 0 Å². The summed E-state index contributed by atoms with van der Waals surface area (Å²) in [4.78, 5) is 14.2. The summed E-state index contributed by atoms with van der Waals surface area (Å²) in [6.45, 7) is 0. The summed E-state index contributed by atoms with van der Waals surface area (Å²) >= 11 is 1.45. The van der Waals surface area contributed by atoms with E-state index in [4.69, 9.17) is 0 Å². The Morgan fingerprint density at radius 2 is 2.27 bits per heavy atom. The SMILES string of the molecule is COC(=O)CSc1cc2ccccc2[nH]1. The van der Waals surface area contributed by atoms with Crippen LogP contribution in [-0.4, -0.2) is 23.8 Å². The number of aromatic nitrogens is 1. The fraction of sp³-hybridized carbons (Fsp3) is 0.182. The summed E-state index contributed by atoms with van der Waals surface area (Å²) in [6, 6.07) is 10.0. The van der Waals surface area contributed by atoms with Crippen LogP contribution in [0.25, 0.3) is 10.9 Å². The maximum absolute atomic E-state index is 10.9. The van der Waals surface area contributed by atoms with Crippen molar-refractivity contribution in [1.82, 2.24) is 4.98 Å². The summed E-state index contributed by atoms with van der Waals surface area (Å²) in [5, 5.41) is 2.14. The van der Waals surface area contributed by atoms with E-state index in [9.17, 15) is 4.79 Å². The maximum atomic E-state index is 10.9. The van der Waals surface area contributed by atoms with Gasteiger partial charge in [0.05, 0.1) is 17.9 Å². The average molecular weight is 221 g/mol. The number of benzene rings is 1. The minimum atomic E-state index is -0.210. The molecule has 0 aliphatic rings. The van der Waals surface area contributed by atoms with E-state index in [0.29, 0.717) is 5.75 Å². The number of carbonyl (C=O) groups is 1. The number of methoxy groups -OCH3 is 1. The lowest BCUT2D eigenvalue weighted by molar-refractivity contribution is -0.137. The van der Waals surface area contributed by atoms with E-state index in [0.717, 1.165) is 15.9 Å². The van der Waals surface area contributed by atoms with Crippen molar-refractivity contribution in [2.75, 3.05) is 12.9 Å². The Bertz CT molecular complexity index is 445. The molecule has 2 aromatic rings. The number of ether oxygens (including phenoxy) is 1. The Morgan fingerprint density at radius 3 is 3.00 bits per heavy atom. The Kier molecular flexibility index (Phi) is 2.97. The Morgan fingerprint density at radius 1 is 1.47 bits per heavy atom. The number of rotatable bonds is 3. The highest BCUT2D eigenvalue weighted by molar-refractivity contribution is 7.99. The maximum Gasteiger partial charge on any atom is 0.316 e.